The van der Waals surface area contributed by atoms with E-state index >= 15 is 0 Å². The van der Waals surface area contributed by atoms with Gasteiger partial charge in [0, 0.05) is 24.2 Å². The standard InChI is InChI=1S/C38H35N5O2/c39-27-33(35(29-15-5-1-6-16-29)30-17-7-2-8-18-30)37(44)42-25-13-23-41-24-14-26-43-38(45)34(28-40)36(31-19-9-3-10-20-31)32-21-11-4-12-22-32/h1-12,15-22,41H,13-14,23-26H2,(H,42,44)(H,43,45). The lowest BCUT2D eigenvalue weighted by Crippen LogP contribution is -2.31. The average Bonchev–Trinajstić information content (AvgIpc) is 3.10. The van der Waals surface area contributed by atoms with Gasteiger partial charge in [0.2, 0.25) is 0 Å². The van der Waals surface area contributed by atoms with Crippen molar-refractivity contribution in [2.24, 2.45) is 0 Å². The predicted molar refractivity (Wildman–Crippen MR) is 177 cm³/mol. The Balaban J connectivity index is 1.25. The van der Waals surface area contributed by atoms with Crippen LogP contribution in [0.2, 0.25) is 0 Å². The molecule has 7 heteroatoms. The molecule has 0 aliphatic heterocycles. The second-order valence-electron chi connectivity index (χ2n) is 10.2. The highest BCUT2D eigenvalue weighted by Crippen LogP contribution is 2.28. The molecule has 0 aliphatic rings. The molecule has 0 spiro atoms. The lowest BCUT2D eigenvalue weighted by molar-refractivity contribution is -0.117. The largest absolute Gasteiger partial charge is 0.351 e. The van der Waals surface area contributed by atoms with Crippen LogP contribution in [0.5, 0.6) is 0 Å². The number of nitrogens with zero attached hydrogens (tertiary/aromatic N) is 2. The van der Waals surface area contributed by atoms with Crippen molar-refractivity contribution >= 4 is 23.0 Å². The topological polar surface area (TPSA) is 118 Å². The summed E-state index contributed by atoms with van der Waals surface area (Å²) in [5.74, 6) is -0.815. The van der Waals surface area contributed by atoms with Crippen molar-refractivity contribution in [3.8, 4) is 12.1 Å². The minimum atomic E-state index is -0.408. The summed E-state index contributed by atoms with van der Waals surface area (Å²) in [7, 11) is 0. The van der Waals surface area contributed by atoms with Gasteiger partial charge in [0.1, 0.15) is 23.3 Å². The second kappa shape index (κ2) is 17.4. The van der Waals surface area contributed by atoms with Crippen LogP contribution in [0.25, 0.3) is 11.1 Å². The number of nitriles is 2. The molecule has 0 fully saturated rings. The minimum Gasteiger partial charge on any atom is -0.351 e. The van der Waals surface area contributed by atoms with E-state index in [9.17, 15) is 20.1 Å². The number of benzene rings is 4. The van der Waals surface area contributed by atoms with Gasteiger partial charge < -0.3 is 16.0 Å². The van der Waals surface area contributed by atoms with Crippen molar-refractivity contribution in [2.45, 2.75) is 12.8 Å². The van der Waals surface area contributed by atoms with Gasteiger partial charge in [-0.1, -0.05) is 121 Å². The first kappa shape index (κ1) is 32.2. The Hall–Kier alpha value is -5.76. The van der Waals surface area contributed by atoms with Crippen LogP contribution in [0, 0.1) is 22.7 Å². The van der Waals surface area contributed by atoms with Crippen LogP contribution in [0.4, 0.5) is 0 Å². The van der Waals surface area contributed by atoms with Crippen molar-refractivity contribution in [1.82, 2.24) is 16.0 Å². The van der Waals surface area contributed by atoms with Crippen LogP contribution in [0.1, 0.15) is 35.1 Å². The summed E-state index contributed by atoms with van der Waals surface area (Å²) >= 11 is 0. The van der Waals surface area contributed by atoms with Crippen molar-refractivity contribution < 1.29 is 9.59 Å². The maximum Gasteiger partial charge on any atom is 0.262 e. The Bertz CT molecular complexity index is 1490. The molecule has 45 heavy (non-hydrogen) atoms. The molecule has 224 valence electrons. The van der Waals surface area contributed by atoms with E-state index in [4.69, 9.17) is 0 Å². The van der Waals surface area contributed by atoms with Gasteiger partial charge in [0.25, 0.3) is 11.8 Å². The molecule has 0 saturated carbocycles. The van der Waals surface area contributed by atoms with Crippen molar-refractivity contribution in [2.75, 3.05) is 26.2 Å². The zero-order valence-electron chi connectivity index (χ0n) is 25.0. The predicted octanol–water partition coefficient (Wildman–Crippen LogP) is 5.64. The Morgan fingerprint density at radius 2 is 0.756 bits per heavy atom. The first-order valence-corrected chi connectivity index (χ1v) is 14.9. The van der Waals surface area contributed by atoms with Crippen molar-refractivity contribution in [3.05, 3.63) is 155 Å². The molecule has 0 heterocycles. The molecule has 4 aromatic rings. The summed E-state index contributed by atoms with van der Waals surface area (Å²) in [6.07, 6.45) is 1.34. The summed E-state index contributed by atoms with van der Waals surface area (Å²) < 4.78 is 0. The summed E-state index contributed by atoms with van der Waals surface area (Å²) in [4.78, 5) is 26.1. The maximum atomic E-state index is 13.0. The van der Waals surface area contributed by atoms with Gasteiger partial charge in [0.05, 0.1) is 0 Å². The van der Waals surface area contributed by atoms with Gasteiger partial charge in [-0.05, 0) is 48.2 Å². The monoisotopic (exact) mass is 593 g/mol. The molecular weight excluding hydrogens is 558 g/mol. The van der Waals surface area contributed by atoms with Crippen LogP contribution in [0.3, 0.4) is 0 Å². The van der Waals surface area contributed by atoms with Crippen molar-refractivity contribution in [1.29, 1.82) is 10.5 Å². The SMILES string of the molecule is N#CC(C(=O)NCCCNCCCNC(=O)C(C#N)=C(c1ccccc1)c1ccccc1)=C(c1ccccc1)c1ccccc1. The highest BCUT2D eigenvalue weighted by molar-refractivity contribution is 6.08. The summed E-state index contributed by atoms with van der Waals surface area (Å²) in [5, 5.41) is 28.9. The van der Waals surface area contributed by atoms with Crippen LogP contribution in [-0.2, 0) is 9.59 Å². The first-order chi connectivity index (χ1) is 22.1. The van der Waals surface area contributed by atoms with Gasteiger partial charge in [-0.2, -0.15) is 10.5 Å². The number of hydrogen-bond acceptors (Lipinski definition) is 5. The quantitative estimate of drug-likeness (QED) is 0.0994. The number of amides is 2. The molecular formula is C38H35N5O2. The Kier molecular flexibility index (Phi) is 12.4. The highest BCUT2D eigenvalue weighted by Gasteiger charge is 2.19. The minimum absolute atomic E-state index is 0.0737. The van der Waals surface area contributed by atoms with E-state index in [1.807, 2.05) is 121 Å². The highest BCUT2D eigenvalue weighted by atomic mass is 16.2. The molecule has 3 N–H and O–H groups in total. The number of carbonyl (C=O) groups is 2. The summed E-state index contributed by atoms with van der Waals surface area (Å²) in [6.45, 7) is 2.12. The molecule has 4 aromatic carbocycles. The Labute approximate surface area is 264 Å². The third kappa shape index (κ3) is 9.11. The fourth-order valence-corrected chi connectivity index (χ4v) is 4.90. The molecule has 0 aromatic heterocycles. The van der Waals surface area contributed by atoms with E-state index in [-0.39, 0.29) is 11.1 Å². The lowest BCUT2D eigenvalue weighted by atomic mass is 9.93. The number of nitrogens with one attached hydrogen (secondary N) is 3. The van der Waals surface area contributed by atoms with Gasteiger partial charge in [-0.15, -0.1) is 0 Å². The number of carbonyl (C=O) groups excluding carboxylic acids is 2. The molecule has 4 rings (SSSR count). The molecule has 0 unspecified atom stereocenters. The zero-order chi connectivity index (χ0) is 31.7. The van der Waals surface area contributed by atoms with E-state index < -0.39 is 11.8 Å². The second-order valence-corrected chi connectivity index (χ2v) is 10.2. The van der Waals surface area contributed by atoms with Crippen LogP contribution < -0.4 is 16.0 Å². The van der Waals surface area contributed by atoms with Gasteiger partial charge in [-0.25, -0.2) is 0 Å². The molecule has 0 saturated heterocycles. The first-order valence-electron chi connectivity index (χ1n) is 14.9. The molecule has 2 amide bonds. The number of rotatable bonds is 14. The van der Waals surface area contributed by atoms with E-state index in [1.165, 1.54) is 0 Å². The Morgan fingerprint density at radius 1 is 0.467 bits per heavy atom. The molecule has 0 bridgehead atoms. The Morgan fingerprint density at radius 3 is 1.02 bits per heavy atom. The van der Waals surface area contributed by atoms with E-state index in [0.717, 1.165) is 22.3 Å². The van der Waals surface area contributed by atoms with Crippen LogP contribution in [-0.4, -0.2) is 38.0 Å². The molecule has 7 nitrogen and oxygen atoms in total. The zero-order valence-corrected chi connectivity index (χ0v) is 25.0. The van der Waals surface area contributed by atoms with Crippen LogP contribution in [0.15, 0.2) is 132 Å². The van der Waals surface area contributed by atoms with Gasteiger partial charge in [-0.3, -0.25) is 9.59 Å². The van der Waals surface area contributed by atoms with Crippen molar-refractivity contribution in [3.63, 3.8) is 0 Å². The third-order valence-electron chi connectivity index (χ3n) is 7.06. The summed E-state index contributed by atoms with van der Waals surface area (Å²) in [6, 6.07) is 42.0. The molecule has 0 radical (unpaired) electrons. The van der Waals surface area contributed by atoms with Crippen LogP contribution >= 0.6 is 0 Å². The van der Waals surface area contributed by atoms with Gasteiger partial charge in [0.15, 0.2) is 0 Å². The van der Waals surface area contributed by atoms with E-state index in [0.29, 0.717) is 50.2 Å². The third-order valence-corrected chi connectivity index (χ3v) is 7.06. The lowest BCUT2D eigenvalue weighted by Gasteiger charge is -2.13. The molecule has 0 aliphatic carbocycles. The maximum absolute atomic E-state index is 13.0. The smallest absolute Gasteiger partial charge is 0.262 e. The van der Waals surface area contributed by atoms with E-state index in [1.54, 1.807) is 0 Å². The summed E-state index contributed by atoms with van der Waals surface area (Å²) in [5.41, 5.74) is 4.57. The number of hydrogen-bond donors (Lipinski definition) is 3. The fourth-order valence-electron chi connectivity index (χ4n) is 4.90. The fraction of sp³-hybridized carbons (Fsp3) is 0.158. The van der Waals surface area contributed by atoms with E-state index in [2.05, 4.69) is 28.1 Å². The van der Waals surface area contributed by atoms with Gasteiger partial charge >= 0.3 is 0 Å². The average molecular weight is 594 g/mol. The normalized spacial score (nSPS) is 10.1. The molecule has 0 atom stereocenters.